The number of benzene rings is 1. The third-order valence-electron chi connectivity index (χ3n) is 5.71. The summed E-state index contributed by atoms with van der Waals surface area (Å²) in [4.78, 5) is 0. The van der Waals surface area contributed by atoms with Crippen molar-refractivity contribution >= 4 is 0 Å². The predicted octanol–water partition coefficient (Wildman–Crippen LogP) is 4.40. The predicted molar refractivity (Wildman–Crippen MR) is 116 cm³/mol. The van der Waals surface area contributed by atoms with E-state index in [1.54, 1.807) is 0 Å². The van der Waals surface area contributed by atoms with Gasteiger partial charge in [-0.05, 0) is 34.9 Å². The first-order chi connectivity index (χ1) is 13.0. The Morgan fingerprint density at radius 1 is 1.00 bits per heavy atom. The minimum absolute atomic E-state index is 0.143. The highest BCUT2D eigenvalue weighted by atomic mass is 16.5. The average Bonchev–Trinajstić information content (AvgIpc) is 2.99. The van der Waals surface area contributed by atoms with Crippen molar-refractivity contribution < 1.29 is 19.1 Å². The van der Waals surface area contributed by atoms with Gasteiger partial charge in [0.1, 0.15) is 25.0 Å². The van der Waals surface area contributed by atoms with E-state index in [1.165, 1.54) is 31.5 Å². The van der Waals surface area contributed by atoms with Crippen LogP contribution in [0.25, 0.3) is 0 Å². The van der Waals surface area contributed by atoms with Crippen molar-refractivity contribution in [3.05, 3.63) is 29.8 Å². The van der Waals surface area contributed by atoms with E-state index in [-0.39, 0.29) is 5.41 Å². The van der Waals surface area contributed by atoms with Gasteiger partial charge in [0.2, 0.25) is 0 Å². The molecule has 4 nitrogen and oxygen atoms in total. The zero-order valence-electron chi connectivity index (χ0n) is 19.0. The molecule has 1 aliphatic heterocycles. The maximum absolute atomic E-state index is 10.2. The van der Waals surface area contributed by atoms with Gasteiger partial charge < -0.3 is 19.1 Å². The van der Waals surface area contributed by atoms with Gasteiger partial charge in [-0.15, -0.1) is 0 Å². The van der Waals surface area contributed by atoms with Crippen molar-refractivity contribution in [1.82, 2.24) is 0 Å². The minimum atomic E-state index is -0.396. The molecule has 4 heteroatoms. The summed E-state index contributed by atoms with van der Waals surface area (Å²) in [5.41, 5.74) is 1.78. The summed E-state index contributed by atoms with van der Waals surface area (Å²) in [6, 6.07) is 8.44. The molecule has 1 heterocycles. The SMILES string of the molecule is CC(C)(C)CC(C)(C)c1ccc(OCCOC[C@H](O)C[N+]2(C)CCCC2)cc1. The Kier molecular flexibility index (Phi) is 7.95. The lowest BCUT2D eigenvalue weighted by molar-refractivity contribution is -0.900. The largest absolute Gasteiger partial charge is 0.491 e. The maximum Gasteiger partial charge on any atom is 0.126 e. The van der Waals surface area contributed by atoms with Gasteiger partial charge in [0.15, 0.2) is 0 Å². The highest BCUT2D eigenvalue weighted by Crippen LogP contribution is 2.36. The van der Waals surface area contributed by atoms with Crippen molar-refractivity contribution in [1.29, 1.82) is 0 Å². The number of likely N-dealkylation sites (N-methyl/N-ethyl adjacent to an activating group) is 1. The number of nitrogens with zero attached hydrogens (tertiary/aromatic N) is 1. The Hall–Kier alpha value is -1.10. The van der Waals surface area contributed by atoms with E-state index in [0.717, 1.165) is 23.2 Å². The number of ether oxygens (including phenoxy) is 2. The van der Waals surface area contributed by atoms with Crippen LogP contribution in [0, 0.1) is 5.41 Å². The first-order valence-corrected chi connectivity index (χ1v) is 10.8. The van der Waals surface area contributed by atoms with Crippen molar-refractivity contribution in [2.45, 2.75) is 65.4 Å². The van der Waals surface area contributed by atoms with Gasteiger partial charge in [0, 0.05) is 12.8 Å². The smallest absolute Gasteiger partial charge is 0.126 e. The van der Waals surface area contributed by atoms with Crippen molar-refractivity contribution in [2.24, 2.45) is 5.41 Å². The van der Waals surface area contributed by atoms with Crippen LogP contribution < -0.4 is 4.74 Å². The first-order valence-electron chi connectivity index (χ1n) is 10.8. The van der Waals surface area contributed by atoms with Gasteiger partial charge in [0.25, 0.3) is 0 Å². The van der Waals surface area contributed by atoms with Crippen molar-refractivity contribution in [3.8, 4) is 5.75 Å². The standard InChI is InChI=1S/C24H42NO3/c1-23(2,3)19-24(4,5)20-9-11-22(12-10-20)28-16-15-27-18-21(26)17-25(6)13-7-8-14-25/h9-12,21,26H,7-8,13-19H2,1-6H3/q+1/t21-/m1/s1. The third-order valence-corrected chi connectivity index (χ3v) is 5.71. The molecule has 1 saturated heterocycles. The average molecular weight is 393 g/mol. The van der Waals surface area contributed by atoms with Crippen LogP contribution in [0.2, 0.25) is 0 Å². The first kappa shape index (κ1) is 23.2. The summed E-state index contributed by atoms with van der Waals surface area (Å²) in [5, 5.41) is 10.2. The Morgan fingerprint density at radius 3 is 2.18 bits per heavy atom. The van der Waals surface area contributed by atoms with Gasteiger partial charge >= 0.3 is 0 Å². The van der Waals surface area contributed by atoms with E-state index >= 15 is 0 Å². The molecule has 0 aliphatic carbocycles. The van der Waals surface area contributed by atoms with Gasteiger partial charge in [-0.3, -0.25) is 0 Å². The normalized spacial score (nSPS) is 18.2. The summed E-state index contributed by atoms with van der Waals surface area (Å²) < 4.78 is 12.4. The van der Waals surface area contributed by atoms with Crippen LogP contribution in [0.1, 0.15) is 59.4 Å². The molecule has 0 radical (unpaired) electrons. The van der Waals surface area contributed by atoms with Crippen LogP contribution in [-0.2, 0) is 10.2 Å². The molecule has 160 valence electrons. The lowest BCUT2D eigenvalue weighted by atomic mass is 9.72. The quantitative estimate of drug-likeness (QED) is 0.474. The lowest BCUT2D eigenvalue weighted by Gasteiger charge is -2.33. The van der Waals surface area contributed by atoms with Crippen molar-refractivity contribution in [3.63, 3.8) is 0 Å². The third kappa shape index (κ3) is 7.73. The Bertz CT molecular complexity index is 583. The highest BCUT2D eigenvalue weighted by molar-refractivity contribution is 5.31. The number of quaternary nitrogens is 1. The van der Waals surface area contributed by atoms with E-state index in [4.69, 9.17) is 9.47 Å². The summed E-state index contributed by atoms with van der Waals surface area (Å²) in [7, 11) is 2.23. The molecular weight excluding hydrogens is 350 g/mol. The number of aliphatic hydroxyl groups excluding tert-OH is 1. The molecule has 0 amide bonds. The minimum Gasteiger partial charge on any atom is -0.491 e. The lowest BCUT2D eigenvalue weighted by Crippen LogP contribution is -2.47. The van der Waals surface area contributed by atoms with Crippen molar-refractivity contribution in [2.75, 3.05) is 46.5 Å². The summed E-state index contributed by atoms with van der Waals surface area (Å²) in [6.07, 6.45) is 3.27. The molecule has 1 aliphatic rings. The summed E-state index contributed by atoms with van der Waals surface area (Å²) >= 11 is 0. The molecule has 1 atom stereocenters. The number of rotatable bonds is 10. The fraction of sp³-hybridized carbons (Fsp3) is 0.750. The Morgan fingerprint density at radius 2 is 1.61 bits per heavy atom. The number of likely N-dealkylation sites (tertiary alicyclic amines) is 1. The second-order valence-corrected chi connectivity index (χ2v) is 10.7. The molecule has 0 unspecified atom stereocenters. The molecule has 1 fully saturated rings. The van der Waals surface area contributed by atoms with Crippen LogP contribution in [0.5, 0.6) is 5.75 Å². The molecule has 1 aromatic rings. The highest BCUT2D eigenvalue weighted by Gasteiger charge is 2.29. The van der Waals surface area contributed by atoms with Gasteiger partial charge in [-0.2, -0.15) is 0 Å². The van der Waals surface area contributed by atoms with E-state index in [0.29, 0.717) is 25.2 Å². The molecule has 0 bridgehead atoms. The molecule has 28 heavy (non-hydrogen) atoms. The molecular formula is C24H42NO3+. The van der Waals surface area contributed by atoms with Crippen LogP contribution in [0.4, 0.5) is 0 Å². The van der Waals surface area contributed by atoms with E-state index < -0.39 is 6.10 Å². The Labute approximate surface area is 172 Å². The monoisotopic (exact) mass is 392 g/mol. The fourth-order valence-corrected chi connectivity index (χ4v) is 4.71. The van der Waals surface area contributed by atoms with Gasteiger partial charge in [-0.25, -0.2) is 0 Å². The second-order valence-electron chi connectivity index (χ2n) is 10.7. The van der Waals surface area contributed by atoms with Gasteiger partial charge in [-0.1, -0.05) is 46.8 Å². The summed E-state index contributed by atoms with van der Waals surface area (Å²) in [6.45, 7) is 16.0. The summed E-state index contributed by atoms with van der Waals surface area (Å²) in [5.74, 6) is 0.870. The van der Waals surface area contributed by atoms with Crippen LogP contribution in [0.15, 0.2) is 24.3 Å². The molecule has 2 rings (SSSR count). The molecule has 0 aromatic heterocycles. The van der Waals surface area contributed by atoms with Gasteiger partial charge in [0.05, 0.1) is 33.4 Å². The molecule has 0 saturated carbocycles. The zero-order chi connectivity index (χ0) is 20.8. The van der Waals surface area contributed by atoms with Crippen LogP contribution in [-0.4, -0.2) is 62.2 Å². The fourth-order valence-electron chi connectivity index (χ4n) is 4.71. The molecule has 0 spiro atoms. The molecule has 1 aromatic carbocycles. The van der Waals surface area contributed by atoms with Crippen LogP contribution in [0.3, 0.4) is 0 Å². The topological polar surface area (TPSA) is 38.7 Å². The van der Waals surface area contributed by atoms with E-state index in [9.17, 15) is 5.11 Å². The molecule has 1 N–H and O–H groups in total. The maximum atomic E-state index is 10.2. The van der Waals surface area contributed by atoms with E-state index in [2.05, 4.69) is 53.8 Å². The van der Waals surface area contributed by atoms with Crippen LogP contribution >= 0.6 is 0 Å². The number of hydrogen-bond donors (Lipinski definition) is 1. The number of hydrogen-bond acceptors (Lipinski definition) is 3. The zero-order valence-corrected chi connectivity index (χ0v) is 19.0. The second kappa shape index (κ2) is 9.60. The number of aliphatic hydroxyl groups is 1. The Balaban J connectivity index is 1.68. The van der Waals surface area contributed by atoms with E-state index in [1.807, 2.05) is 12.1 Å².